The van der Waals surface area contributed by atoms with Gasteiger partial charge in [0.25, 0.3) is 0 Å². The number of nitrogens with zero attached hydrogens (tertiary/aromatic N) is 1. The predicted octanol–water partition coefficient (Wildman–Crippen LogP) is -2.98. The maximum Gasteiger partial charge on any atom is 0.328 e. The Bertz CT molecular complexity index is 1110. The molecule has 0 saturated carbocycles. The normalized spacial score (nSPS) is 13.9. The third kappa shape index (κ3) is 9.51. The molecule has 206 valence electrons. The Morgan fingerprint density at radius 3 is 2.08 bits per heavy atom. The molecule has 4 atom stereocenters. The number of aromatic nitrogens is 2. The number of nitrogens with one attached hydrogen (secondary N) is 4. The quantitative estimate of drug-likeness (QED) is 0.112. The summed E-state index contributed by atoms with van der Waals surface area (Å²) in [7, 11) is 0. The van der Waals surface area contributed by atoms with E-state index in [1.54, 1.807) is 0 Å². The van der Waals surface area contributed by atoms with Gasteiger partial charge in [-0.15, -0.1) is 0 Å². The predicted molar refractivity (Wildman–Crippen MR) is 131 cm³/mol. The van der Waals surface area contributed by atoms with Gasteiger partial charge in [-0.3, -0.25) is 19.2 Å². The molecule has 15 nitrogen and oxygen atoms in total. The number of rotatable bonds is 15. The van der Waals surface area contributed by atoms with Crippen LogP contribution in [0.5, 0.6) is 5.75 Å². The number of carbonyl (C=O) groups is 5. The van der Waals surface area contributed by atoms with E-state index >= 15 is 0 Å². The van der Waals surface area contributed by atoms with Gasteiger partial charge in [-0.05, 0) is 24.1 Å². The molecule has 0 bridgehead atoms. The Balaban J connectivity index is 2.21. The van der Waals surface area contributed by atoms with E-state index in [0.717, 1.165) is 0 Å². The van der Waals surface area contributed by atoms with Crippen molar-refractivity contribution in [2.24, 2.45) is 11.5 Å². The Hall–Kier alpha value is -4.50. The molecule has 0 aliphatic heterocycles. The van der Waals surface area contributed by atoms with Crippen molar-refractivity contribution in [3.8, 4) is 5.75 Å². The first-order chi connectivity index (χ1) is 18.0. The van der Waals surface area contributed by atoms with Crippen LogP contribution in [0, 0.1) is 0 Å². The molecule has 0 fully saturated rings. The van der Waals surface area contributed by atoms with E-state index in [0.29, 0.717) is 11.3 Å². The Kier molecular flexibility index (Phi) is 11.2. The minimum Gasteiger partial charge on any atom is -0.508 e. The number of carboxylic acid groups (broad SMARTS) is 1. The van der Waals surface area contributed by atoms with Gasteiger partial charge in [0.05, 0.1) is 19.0 Å². The molecule has 15 heteroatoms. The van der Waals surface area contributed by atoms with Crippen LogP contribution in [0.1, 0.15) is 24.1 Å². The minimum atomic E-state index is -1.63. The van der Waals surface area contributed by atoms with E-state index in [2.05, 4.69) is 25.9 Å². The maximum atomic E-state index is 13.2. The Morgan fingerprint density at radius 2 is 1.53 bits per heavy atom. The number of primary amides is 1. The number of hydrogen-bond donors (Lipinski definition) is 9. The van der Waals surface area contributed by atoms with Gasteiger partial charge in [0, 0.05) is 31.2 Å². The molecule has 0 aliphatic carbocycles. The summed E-state index contributed by atoms with van der Waals surface area (Å²) in [6, 6.07) is 0.322. The molecule has 1 aromatic carbocycles. The number of aliphatic hydroxyl groups excluding tert-OH is 1. The number of aliphatic hydroxyl groups is 1. The number of benzene rings is 1. The van der Waals surface area contributed by atoms with E-state index < -0.39 is 60.4 Å². The van der Waals surface area contributed by atoms with Crippen molar-refractivity contribution in [1.82, 2.24) is 25.9 Å². The van der Waals surface area contributed by atoms with Gasteiger partial charge in [-0.25, -0.2) is 9.78 Å². The zero-order valence-corrected chi connectivity index (χ0v) is 20.3. The number of carbonyl (C=O) groups excluding carboxylic acids is 4. The van der Waals surface area contributed by atoms with Gasteiger partial charge in [-0.1, -0.05) is 12.1 Å². The second-order valence-electron chi connectivity index (χ2n) is 8.47. The van der Waals surface area contributed by atoms with E-state index in [1.807, 2.05) is 0 Å². The molecular weight excluding hydrogens is 502 g/mol. The molecule has 4 unspecified atom stereocenters. The number of aromatic amines is 1. The number of phenolic OH excluding ortho intramolecular Hbond substituents is 1. The van der Waals surface area contributed by atoms with Gasteiger partial charge in [0.15, 0.2) is 0 Å². The lowest BCUT2D eigenvalue weighted by Crippen LogP contribution is -2.58. The zero-order valence-electron chi connectivity index (χ0n) is 20.3. The highest BCUT2D eigenvalue weighted by Crippen LogP contribution is 2.12. The number of amides is 4. The van der Waals surface area contributed by atoms with Crippen LogP contribution >= 0.6 is 0 Å². The molecule has 11 N–H and O–H groups in total. The largest absolute Gasteiger partial charge is 0.508 e. The zero-order chi connectivity index (χ0) is 28.2. The highest BCUT2D eigenvalue weighted by molar-refractivity contribution is 5.94. The average Bonchev–Trinajstić information content (AvgIpc) is 3.38. The number of hydrogen-bond acceptors (Lipinski definition) is 9. The second kappa shape index (κ2) is 14.3. The summed E-state index contributed by atoms with van der Waals surface area (Å²) < 4.78 is 0. The first-order valence-electron chi connectivity index (χ1n) is 11.5. The fourth-order valence-electron chi connectivity index (χ4n) is 3.37. The molecule has 2 rings (SSSR count). The topological polar surface area (TPSA) is 263 Å². The maximum absolute atomic E-state index is 13.2. The molecule has 1 aromatic heterocycles. The van der Waals surface area contributed by atoms with Crippen LogP contribution in [0.4, 0.5) is 0 Å². The van der Waals surface area contributed by atoms with Crippen molar-refractivity contribution in [3.63, 3.8) is 0 Å². The van der Waals surface area contributed by atoms with Crippen molar-refractivity contribution >= 4 is 29.6 Å². The Morgan fingerprint density at radius 1 is 0.921 bits per heavy atom. The molecule has 4 amide bonds. The third-order valence-corrected chi connectivity index (χ3v) is 5.45. The van der Waals surface area contributed by atoms with Crippen molar-refractivity contribution < 1.29 is 39.3 Å². The second-order valence-corrected chi connectivity index (χ2v) is 8.47. The van der Waals surface area contributed by atoms with E-state index in [4.69, 9.17) is 16.6 Å². The first-order valence-corrected chi connectivity index (χ1v) is 11.5. The molecule has 38 heavy (non-hydrogen) atoms. The summed E-state index contributed by atoms with van der Waals surface area (Å²) in [4.78, 5) is 68.0. The van der Waals surface area contributed by atoms with E-state index in [1.165, 1.54) is 36.8 Å². The SMILES string of the molecule is NC(=O)CCC(NC(=O)C(N)Cc1cnc[nH]1)C(=O)NC(Cc1ccc(O)cc1)C(=O)NC(CO)C(=O)O. The van der Waals surface area contributed by atoms with Crippen LogP contribution < -0.4 is 27.4 Å². The summed E-state index contributed by atoms with van der Waals surface area (Å²) in [5.41, 5.74) is 12.2. The number of aliphatic carboxylic acids is 1. The van der Waals surface area contributed by atoms with E-state index in [9.17, 15) is 34.2 Å². The number of nitrogens with two attached hydrogens (primary N) is 2. The van der Waals surface area contributed by atoms with Crippen molar-refractivity contribution in [2.75, 3.05) is 6.61 Å². The van der Waals surface area contributed by atoms with Crippen LogP contribution in [-0.4, -0.2) is 85.7 Å². The Labute approximate surface area is 217 Å². The highest BCUT2D eigenvalue weighted by Gasteiger charge is 2.30. The van der Waals surface area contributed by atoms with Gasteiger partial charge < -0.3 is 47.7 Å². The molecule has 2 aromatic rings. The van der Waals surface area contributed by atoms with Crippen LogP contribution in [0.2, 0.25) is 0 Å². The van der Waals surface area contributed by atoms with Gasteiger partial charge >= 0.3 is 5.97 Å². The molecule has 0 radical (unpaired) electrons. The van der Waals surface area contributed by atoms with Gasteiger partial charge in [-0.2, -0.15) is 0 Å². The molecule has 0 spiro atoms. The lowest BCUT2D eigenvalue weighted by molar-refractivity contribution is -0.143. The number of H-pyrrole nitrogens is 1. The van der Waals surface area contributed by atoms with Gasteiger partial charge in [0.1, 0.15) is 23.9 Å². The van der Waals surface area contributed by atoms with E-state index in [-0.39, 0.29) is 31.4 Å². The molecule has 1 heterocycles. The standard InChI is InChI=1S/C23H31N7O8/c24-15(8-13-9-26-11-27-13)20(34)28-16(5-6-19(25)33)21(35)29-17(7-12-1-3-14(32)4-2-12)22(36)30-18(10-31)23(37)38/h1-4,9,11,15-18,31-32H,5-8,10,24H2,(H2,25,33)(H,26,27)(H,28,34)(H,29,35)(H,30,36)(H,37,38). The van der Waals surface area contributed by atoms with Gasteiger partial charge in [0.2, 0.25) is 23.6 Å². The summed E-state index contributed by atoms with van der Waals surface area (Å²) in [5.74, 6) is -4.76. The van der Waals surface area contributed by atoms with Crippen LogP contribution in [0.25, 0.3) is 0 Å². The number of phenols is 1. The summed E-state index contributed by atoms with van der Waals surface area (Å²) in [6.07, 6.45) is 2.37. The molecule has 0 saturated heterocycles. The van der Waals surface area contributed by atoms with Crippen molar-refractivity contribution in [1.29, 1.82) is 0 Å². The summed E-state index contributed by atoms with van der Waals surface area (Å²) in [5, 5.41) is 35.0. The molecule has 0 aliphatic rings. The first kappa shape index (κ1) is 29.7. The number of carboxylic acids is 1. The van der Waals surface area contributed by atoms with Crippen molar-refractivity contribution in [2.45, 2.75) is 49.9 Å². The van der Waals surface area contributed by atoms with Crippen LogP contribution in [0.3, 0.4) is 0 Å². The van der Waals surface area contributed by atoms with Crippen molar-refractivity contribution in [3.05, 3.63) is 48.0 Å². The van der Waals surface area contributed by atoms with Crippen LogP contribution in [-0.2, 0) is 36.8 Å². The smallest absolute Gasteiger partial charge is 0.328 e. The lowest BCUT2D eigenvalue weighted by atomic mass is 10.0. The minimum absolute atomic E-state index is 0.0364. The van der Waals surface area contributed by atoms with Crippen LogP contribution in [0.15, 0.2) is 36.8 Å². The average molecular weight is 534 g/mol. The monoisotopic (exact) mass is 533 g/mol. The molecular formula is C23H31N7O8. The fraction of sp³-hybridized carbons (Fsp3) is 0.391. The summed E-state index contributed by atoms with van der Waals surface area (Å²) in [6.45, 7) is -0.896. The lowest BCUT2D eigenvalue weighted by Gasteiger charge is -2.25. The summed E-state index contributed by atoms with van der Waals surface area (Å²) >= 11 is 0. The third-order valence-electron chi connectivity index (χ3n) is 5.45. The fourth-order valence-corrected chi connectivity index (χ4v) is 3.37. The number of aromatic hydroxyl groups is 1. The number of imidazole rings is 1. The highest BCUT2D eigenvalue weighted by atomic mass is 16.4.